The average molecular weight is 335 g/mol. The second-order valence-corrected chi connectivity index (χ2v) is 10.1. The smallest absolute Gasteiger partial charge is 0.110 e. The van der Waals surface area contributed by atoms with E-state index in [2.05, 4.69) is 6.92 Å². The molecule has 1 saturated heterocycles. The Morgan fingerprint density at radius 2 is 1.14 bits per heavy atom. The van der Waals surface area contributed by atoms with E-state index in [0.29, 0.717) is 0 Å². The summed E-state index contributed by atoms with van der Waals surface area (Å²) in [4.78, 5) is 0. The van der Waals surface area contributed by atoms with Gasteiger partial charge in [-0.05, 0) is 12.8 Å². The van der Waals surface area contributed by atoms with E-state index in [4.69, 9.17) is 0 Å². The van der Waals surface area contributed by atoms with Crippen molar-refractivity contribution in [3.63, 3.8) is 0 Å². The van der Waals surface area contributed by atoms with Gasteiger partial charge >= 0.3 is 0 Å². The zero-order chi connectivity index (χ0) is 15.3. The first-order valence-electron chi connectivity index (χ1n) is 9.00. The first kappa shape index (κ1) is 19.3. The highest BCUT2D eigenvalue weighted by atomic mass is 32.2. The summed E-state index contributed by atoms with van der Waals surface area (Å²) in [6, 6.07) is 0. The molecule has 2 nitrogen and oxygen atoms in total. The molecular weight excluding hydrogens is 300 g/mol. The lowest BCUT2D eigenvalue weighted by Crippen LogP contribution is -2.30. The monoisotopic (exact) mass is 334 g/mol. The molecule has 2 unspecified atom stereocenters. The Balaban J connectivity index is 1.88. The molecule has 1 aliphatic heterocycles. The van der Waals surface area contributed by atoms with Crippen LogP contribution < -0.4 is 0 Å². The summed E-state index contributed by atoms with van der Waals surface area (Å²) in [5.41, 5.74) is 0. The summed E-state index contributed by atoms with van der Waals surface area (Å²) >= 11 is 0. The van der Waals surface area contributed by atoms with Gasteiger partial charge in [0.15, 0.2) is 0 Å². The van der Waals surface area contributed by atoms with E-state index in [1.54, 1.807) is 0 Å². The first-order valence-corrected chi connectivity index (χ1v) is 11.8. The second kappa shape index (κ2) is 12.8. The van der Waals surface area contributed by atoms with Crippen LogP contribution in [0.5, 0.6) is 0 Å². The minimum atomic E-state index is -0.823. The number of rotatable bonds is 12. The lowest BCUT2D eigenvalue weighted by Gasteiger charge is -2.20. The maximum absolute atomic E-state index is 11.8. The first-order chi connectivity index (χ1) is 10.3. The predicted molar refractivity (Wildman–Crippen MR) is 95.5 cm³/mol. The molecule has 0 amide bonds. The molecule has 1 aliphatic rings. The highest BCUT2D eigenvalue weighted by Gasteiger charge is 2.26. The van der Waals surface area contributed by atoms with Crippen LogP contribution in [0.15, 0.2) is 0 Å². The van der Waals surface area contributed by atoms with Crippen LogP contribution in [-0.2, 0) is 21.6 Å². The van der Waals surface area contributed by atoms with Crippen molar-refractivity contribution < 1.29 is 8.42 Å². The molecule has 21 heavy (non-hydrogen) atoms. The molecule has 126 valence electrons. The van der Waals surface area contributed by atoms with E-state index in [1.807, 2.05) is 0 Å². The third-order valence-corrected chi connectivity index (χ3v) is 8.64. The van der Waals surface area contributed by atoms with Gasteiger partial charge in [0, 0.05) is 33.1 Å². The Morgan fingerprint density at radius 3 is 1.62 bits per heavy atom. The maximum Gasteiger partial charge on any atom is 0.110 e. The Labute approximate surface area is 136 Å². The molecule has 0 saturated carbocycles. The fraction of sp³-hybridized carbons (Fsp3) is 1.00. The van der Waals surface area contributed by atoms with E-state index in [-0.39, 0.29) is 4.58 Å². The van der Waals surface area contributed by atoms with E-state index in [0.717, 1.165) is 30.8 Å². The topological polar surface area (TPSA) is 34.1 Å². The van der Waals surface area contributed by atoms with Crippen LogP contribution in [0.2, 0.25) is 0 Å². The summed E-state index contributed by atoms with van der Waals surface area (Å²) in [5.74, 6) is 1.54. The Morgan fingerprint density at radius 1 is 0.714 bits per heavy atom. The van der Waals surface area contributed by atoms with Crippen LogP contribution in [0.4, 0.5) is 0 Å². The molecule has 1 fully saturated rings. The van der Waals surface area contributed by atoms with Crippen molar-refractivity contribution in [3.05, 3.63) is 0 Å². The molecule has 0 bridgehead atoms. The molecule has 2 atom stereocenters. The zero-order valence-electron chi connectivity index (χ0n) is 13.8. The highest BCUT2D eigenvalue weighted by Crippen LogP contribution is 2.19. The van der Waals surface area contributed by atoms with Crippen LogP contribution in [-0.4, -0.2) is 24.5 Å². The lowest BCUT2D eigenvalue weighted by atomic mass is 10.1. The largest absolute Gasteiger partial charge is 0.258 e. The number of hydrogen-bond acceptors (Lipinski definition) is 2. The van der Waals surface area contributed by atoms with Gasteiger partial charge in [-0.1, -0.05) is 77.6 Å². The number of unbranched alkanes of at least 4 members (excludes halogenated alkanes) is 10. The molecular formula is C17H34O2S2. The van der Waals surface area contributed by atoms with Crippen LogP contribution >= 0.6 is 0 Å². The molecule has 0 spiro atoms. The van der Waals surface area contributed by atoms with Crippen molar-refractivity contribution in [2.45, 2.75) is 95.0 Å². The number of hydrogen-bond donors (Lipinski definition) is 0. The molecule has 1 heterocycles. The fourth-order valence-electron chi connectivity index (χ4n) is 2.96. The fourth-order valence-corrected chi connectivity index (χ4v) is 6.92. The van der Waals surface area contributed by atoms with Crippen molar-refractivity contribution in [3.8, 4) is 0 Å². The van der Waals surface area contributed by atoms with E-state index in [9.17, 15) is 8.42 Å². The lowest BCUT2D eigenvalue weighted by molar-refractivity contribution is 0.545. The van der Waals surface area contributed by atoms with Gasteiger partial charge in [-0.3, -0.25) is 8.42 Å². The molecule has 0 aromatic carbocycles. The summed E-state index contributed by atoms with van der Waals surface area (Å²) < 4.78 is 23.7. The van der Waals surface area contributed by atoms with Gasteiger partial charge in [0.1, 0.15) is 4.58 Å². The highest BCUT2D eigenvalue weighted by molar-refractivity contribution is 8.03. The third kappa shape index (κ3) is 9.12. The molecule has 0 aliphatic carbocycles. The second-order valence-electron chi connectivity index (χ2n) is 6.28. The van der Waals surface area contributed by atoms with E-state index in [1.165, 1.54) is 64.2 Å². The van der Waals surface area contributed by atoms with Crippen molar-refractivity contribution in [2.75, 3.05) is 11.5 Å². The molecule has 0 aromatic rings. The van der Waals surface area contributed by atoms with E-state index < -0.39 is 21.6 Å². The van der Waals surface area contributed by atoms with Crippen LogP contribution in [0, 0.1) is 0 Å². The minimum absolute atomic E-state index is 0.0164. The van der Waals surface area contributed by atoms with E-state index >= 15 is 0 Å². The molecule has 4 heteroatoms. The maximum atomic E-state index is 11.8. The van der Waals surface area contributed by atoms with Crippen molar-refractivity contribution in [1.29, 1.82) is 0 Å². The summed E-state index contributed by atoms with van der Waals surface area (Å²) in [7, 11) is -1.65. The summed E-state index contributed by atoms with van der Waals surface area (Å²) in [5, 5.41) is 0. The summed E-state index contributed by atoms with van der Waals surface area (Å²) in [6.45, 7) is 2.26. The molecule has 0 aromatic heterocycles. The third-order valence-electron chi connectivity index (χ3n) is 4.32. The predicted octanol–water partition coefficient (Wildman–Crippen LogP) is 4.91. The Kier molecular flexibility index (Phi) is 11.8. The normalized spacial score (nSPS) is 26.0. The van der Waals surface area contributed by atoms with Crippen LogP contribution in [0.3, 0.4) is 0 Å². The standard InChI is InChI=1S/C17H34O2S2/c1-2-3-4-5-6-7-8-9-10-11-12-14-17-20(18)15-13-16-21(17)19/h17H,2-16H2,1H3. The van der Waals surface area contributed by atoms with Gasteiger partial charge in [-0.25, -0.2) is 0 Å². The minimum Gasteiger partial charge on any atom is -0.258 e. The Hall–Kier alpha value is 0.300. The van der Waals surface area contributed by atoms with Gasteiger partial charge in [-0.15, -0.1) is 0 Å². The van der Waals surface area contributed by atoms with Crippen molar-refractivity contribution in [1.82, 2.24) is 0 Å². The van der Waals surface area contributed by atoms with Gasteiger partial charge in [0.2, 0.25) is 0 Å². The van der Waals surface area contributed by atoms with Crippen molar-refractivity contribution >= 4 is 21.6 Å². The van der Waals surface area contributed by atoms with Crippen LogP contribution in [0.1, 0.15) is 90.4 Å². The molecule has 0 N–H and O–H groups in total. The SMILES string of the molecule is CCCCCCCCCCCCCC1S(=O)CCCS1=O. The average Bonchev–Trinajstić information content (AvgIpc) is 2.47. The summed E-state index contributed by atoms with van der Waals surface area (Å²) in [6.07, 6.45) is 16.5. The quantitative estimate of drug-likeness (QED) is 0.475. The van der Waals surface area contributed by atoms with Gasteiger partial charge < -0.3 is 0 Å². The van der Waals surface area contributed by atoms with Crippen LogP contribution in [0.25, 0.3) is 0 Å². The molecule has 0 radical (unpaired) electrons. The van der Waals surface area contributed by atoms with Gasteiger partial charge in [0.25, 0.3) is 0 Å². The molecule has 1 rings (SSSR count). The van der Waals surface area contributed by atoms with Gasteiger partial charge in [0.05, 0.1) is 0 Å². The van der Waals surface area contributed by atoms with Crippen molar-refractivity contribution in [2.24, 2.45) is 0 Å². The Bertz CT molecular complexity index is 289. The zero-order valence-corrected chi connectivity index (χ0v) is 15.4. The van der Waals surface area contributed by atoms with Gasteiger partial charge in [-0.2, -0.15) is 0 Å².